The lowest BCUT2D eigenvalue weighted by Crippen LogP contribution is -2.16. The lowest BCUT2D eigenvalue weighted by molar-refractivity contribution is 0.147. The molecule has 2 N–H and O–H groups in total. The Labute approximate surface area is 102 Å². The van der Waals surface area contributed by atoms with Gasteiger partial charge in [0.05, 0.1) is 12.7 Å². The predicted molar refractivity (Wildman–Crippen MR) is 66.9 cm³/mol. The zero-order chi connectivity index (χ0) is 12.8. The SMILES string of the molecule is CC(C)COC(=O)Nc1cccc(C(C)O)c1. The van der Waals surface area contributed by atoms with Crippen molar-refractivity contribution >= 4 is 11.8 Å². The van der Waals surface area contributed by atoms with Crippen molar-refractivity contribution in [1.82, 2.24) is 0 Å². The highest BCUT2D eigenvalue weighted by atomic mass is 16.5. The van der Waals surface area contributed by atoms with Gasteiger partial charge in [-0.05, 0) is 30.5 Å². The maximum absolute atomic E-state index is 11.4. The lowest BCUT2D eigenvalue weighted by Gasteiger charge is -2.10. The number of amides is 1. The Bertz CT molecular complexity index is 375. The standard InChI is InChI=1S/C13H19NO3/c1-9(2)8-17-13(16)14-12-6-4-5-11(7-12)10(3)15/h4-7,9-10,15H,8H2,1-3H3,(H,14,16). The minimum Gasteiger partial charge on any atom is -0.449 e. The third-order valence-electron chi connectivity index (χ3n) is 2.16. The highest BCUT2D eigenvalue weighted by Gasteiger charge is 2.06. The molecule has 0 aliphatic heterocycles. The van der Waals surface area contributed by atoms with Gasteiger partial charge in [-0.1, -0.05) is 26.0 Å². The predicted octanol–water partition coefficient (Wildman–Crippen LogP) is 2.94. The maximum Gasteiger partial charge on any atom is 0.411 e. The summed E-state index contributed by atoms with van der Waals surface area (Å²) in [4.78, 5) is 11.4. The monoisotopic (exact) mass is 237 g/mol. The van der Waals surface area contributed by atoms with Crippen molar-refractivity contribution < 1.29 is 14.6 Å². The van der Waals surface area contributed by atoms with E-state index in [-0.39, 0.29) is 0 Å². The highest BCUT2D eigenvalue weighted by molar-refractivity contribution is 5.84. The Morgan fingerprint density at radius 3 is 2.71 bits per heavy atom. The molecular weight excluding hydrogens is 218 g/mol. The molecule has 4 heteroatoms. The average Bonchev–Trinajstić information content (AvgIpc) is 2.26. The van der Waals surface area contributed by atoms with Gasteiger partial charge in [0.25, 0.3) is 0 Å². The third kappa shape index (κ3) is 4.87. The molecule has 1 aromatic carbocycles. The number of rotatable bonds is 4. The second-order valence-corrected chi connectivity index (χ2v) is 4.42. The van der Waals surface area contributed by atoms with Gasteiger partial charge in [0.2, 0.25) is 0 Å². The van der Waals surface area contributed by atoms with E-state index in [1.165, 1.54) is 0 Å². The van der Waals surface area contributed by atoms with Crippen molar-refractivity contribution in [2.75, 3.05) is 11.9 Å². The van der Waals surface area contributed by atoms with Crippen molar-refractivity contribution in [3.63, 3.8) is 0 Å². The van der Waals surface area contributed by atoms with Crippen molar-refractivity contribution in [2.24, 2.45) is 5.92 Å². The van der Waals surface area contributed by atoms with E-state index < -0.39 is 12.2 Å². The first-order valence-corrected chi connectivity index (χ1v) is 5.71. The summed E-state index contributed by atoms with van der Waals surface area (Å²) >= 11 is 0. The number of anilines is 1. The zero-order valence-corrected chi connectivity index (χ0v) is 10.4. The van der Waals surface area contributed by atoms with Crippen LogP contribution in [0.1, 0.15) is 32.4 Å². The quantitative estimate of drug-likeness (QED) is 0.846. The van der Waals surface area contributed by atoms with Gasteiger partial charge in [-0.2, -0.15) is 0 Å². The van der Waals surface area contributed by atoms with Crippen LogP contribution in [0, 0.1) is 5.92 Å². The van der Waals surface area contributed by atoms with E-state index in [4.69, 9.17) is 4.74 Å². The Balaban J connectivity index is 2.56. The molecule has 0 heterocycles. The Morgan fingerprint density at radius 1 is 1.41 bits per heavy atom. The summed E-state index contributed by atoms with van der Waals surface area (Å²) in [7, 11) is 0. The van der Waals surface area contributed by atoms with Gasteiger partial charge in [-0.3, -0.25) is 5.32 Å². The number of aliphatic hydroxyl groups excluding tert-OH is 1. The maximum atomic E-state index is 11.4. The van der Waals surface area contributed by atoms with Crippen molar-refractivity contribution in [3.8, 4) is 0 Å². The average molecular weight is 237 g/mol. The zero-order valence-electron chi connectivity index (χ0n) is 10.4. The van der Waals surface area contributed by atoms with Crippen LogP contribution in [0.15, 0.2) is 24.3 Å². The molecule has 1 atom stereocenters. The van der Waals surface area contributed by atoms with Crippen LogP contribution in [0.5, 0.6) is 0 Å². The smallest absolute Gasteiger partial charge is 0.411 e. The van der Waals surface area contributed by atoms with Gasteiger partial charge in [0, 0.05) is 5.69 Å². The molecule has 1 aromatic rings. The molecule has 0 bridgehead atoms. The molecule has 0 fully saturated rings. The first-order valence-electron chi connectivity index (χ1n) is 5.71. The number of aliphatic hydroxyl groups is 1. The van der Waals surface area contributed by atoms with Crippen LogP contribution in [-0.2, 0) is 4.74 Å². The first-order chi connectivity index (χ1) is 7.99. The molecule has 1 rings (SSSR count). The molecule has 0 aliphatic carbocycles. The molecule has 1 amide bonds. The number of carbonyl (C=O) groups excluding carboxylic acids is 1. The summed E-state index contributed by atoms with van der Waals surface area (Å²) in [5.74, 6) is 0.310. The van der Waals surface area contributed by atoms with Crippen molar-refractivity contribution in [1.29, 1.82) is 0 Å². The summed E-state index contributed by atoms with van der Waals surface area (Å²) in [5.41, 5.74) is 1.38. The van der Waals surface area contributed by atoms with Crippen molar-refractivity contribution in [3.05, 3.63) is 29.8 Å². The fourth-order valence-corrected chi connectivity index (χ4v) is 1.27. The molecule has 4 nitrogen and oxygen atoms in total. The van der Waals surface area contributed by atoms with E-state index in [1.807, 2.05) is 13.8 Å². The number of carbonyl (C=O) groups is 1. The third-order valence-corrected chi connectivity index (χ3v) is 2.16. The van der Waals surface area contributed by atoms with E-state index in [2.05, 4.69) is 5.32 Å². The largest absolute Gasteiger partial charge is 0.449 e. The van der Waals surface area contributed by atoms with Crippen LogP contribution in [0.25, 0.3) is 0 Å². The minimum atomic E-state index is -0.552. The Morgan fingerprint density at radius 2 is 2.12 bits per heavy atom. The van der Waals surface area contributed by atoms with Crippen LogP contribution >= 0.6 is 0 Å². The fraction of sp³-hybridized carbons (Fsp3) is 0.462. The van der Waals surface area contributed by atoms with Crippen LogP contribution in [0.2, 0.25) is 0 Å². The topological polar surface area (TPSA) is 58.6 Å². The molecular formula is C13H19NO3. The van der Waals surface area contributed by atoms with Gasteiger partial charge in [0.1, 0.15) is 0 Å². The summed E-state index contributed by atoms with van der Waals surface area (Å²) in [6.45, 7) is 6.01. The molecule has 1 unspecified atom stereocenters. The molecule has 17 heavy (non-hydrogen) atoms. The van der Waals surface area contributed by atoms with Crippen LogP contribution in [-0.4, -0.2) is 17.8 Å². The van der Waals surface area contributed by atoms with E-state index >= 15 is 0 Å². The van der Waals surface area contributed by atoms with Crippen LogP contribution in [0.4, 0.5) is 10.5 Å². The molecule has 0 saturated carbocycles. The van der Waals surface area contributed by atoms with Gasteiger partial charge in [-0.15, -0.1) is 0 Å². The second kappa shape index (κ2) is 6.25. The van der Waals surface area contributed by atoms with Crippen LogP contribution < -0.4 is 5.32 Å². The molecule has 94 valence electrons. The van der Waals surface area contributed by atoms with Crippen LogP contribution in [0.3, 0.4) is 0 Å². The van der Waals surface area contributed by atoms with E-state index in [0.717, 1.165) is 5.56 Å². The van der Waals surface area contributed by atoms with E-state index in [1.54, 1.807) is 31.2 Å². The number of ether oxygens (including phenoxy) is 1. The van der Waals surface area contributed by atoms with Gasteiger partial charge in [0.15, 0.2) is 0 Å². The van der Waals surface area contributed by atoms with Gasteiger partial charge in [-0.25, -0.2) is 4.79 Å². The summed E-state index contributed by atoms with van der Waals surface area (Å²) in [5, 5.41) is 12.0. The van der Waals surface area contributed by atoms with E-state index in [9.17, 15) is 9.90 Å². The number of benzene rings is 1. The highest BCUT2D eigenvalue weighted by Crippen LogP contribution is 2.17. The lowest BCUT2D eigenvalue weighted by atomic mass is 10.1. The number of hydrogen-bond acceptors (Lipinski definition) is 3. The van der Waals surface area contributed by atoms with Gasteiger partial charge < -0.3 is 9.84 Å². The normalized spacial score (nSPS) is 12.3. The molecule has 0 saturated heterocycles. The number of hydrogen-bond donors (Lipinski definition) is 2. The van der Waals surface area contributed by atoms with Gasteiger partial charge >= 0.3 is 6.09 Å². The Kier molecular flexibility index (Phi) is 4.97. The summed E-state index contributed by atoms with van der Waals surface area (Å²) < 4.78 is 5.00. The first kappa shape index (κ1) is 13.5. The summed E-state index contributed by atoms with van der Waals surface area (Å²) in [6, 6.07) is 7.05. The Hall–Kier alpha value is -1.55. The molecule has 0 aliphatic rings. The molecule has 0 radical (unpaired) electrons. The minimum absolute atomic E-state index is 0.310. The second-order valence-electron chi connectivity index (χ2n) is 4.42. The molecule has 0 spiro atoms. The number of nitrogens with one attached hydrogen (secondary N) is 1. The molecule has 0 aromatic heterocycles. The summed E-state index contributed by atoms with van der Waals surface area (Å²) in [6.07, 6.45) is -1.02. The van der Waals surface area contributed by atoms with Crippen molar-refractivity contribution in [2.45, 2.75) is 26.9 Å². The van der Waals surface area contributed by atoms with E-state index in [0.29, 0.717) is 18.2 Å². The fourth-order valence-electron chi connectivity index (χ4n) is 1.27.